The Kier molecular flexibility index (Phi) is 6.73. The Morgan fingerprint density at radius 3 is 2.48 bits per heavy atom. The maximum atomic E-state index is 12.1. The van der Waals surface area contributed by atoms with Crippen LogP contribution in [0.2, 0.25) is 5.02 Å². The van der Waals surface area contributed by atoms with Gasteiger partial charge in [-0.2, -0.15) is 0 Å². The second-order valence-electron chi connectivity index (χ2n) is 5.69. The molecule has 9 heteroatoms. The van der Waals surface area contributed by atoms with E-state index >= 15 is 0 Å². The number of nitrogens with one attached hydrogen (secondary N) is 1. The van der Waals surface area contributed by atoms with Crippen molar-refractivity contribution in [3.63, 3.8) is 0 Å². The third kappa shape index (κ3) is 5.42. The standard InChI is InChI=1S/C18H18ClN3O5/c1-20-15-8-5-13(9-16(15)22(25)26)18(24)27-11-17(23)21(2)10-12-3-6-14(19)7-4-12/h3-9,20H,10-11H2,1-2H3. The number of nitrogens with zero attached hydrogens (tertiary/aromatic N) is 2. The van der Waals surface area contributed by atoms with E-state index in [2.05, 4.69) is 5.32 Å². The van der Waals surface area contributed by atoms with Gasteiger partial charge in [-0.25, -0.2) is 4.79 Å². The number of halogens is 1. The Morgan fingerprint density at radius 2 is 1.89 bits per heavy atom. The summed E-state index contributed by atoms with van der Waals surface area (Å²) in [4.78, 5) is 36.1. The Labute approximate surface area is 160 Å². The predicted molar refractivity (Wildman–Crippen MR) is 101 cm³/mol. The average molecular weight is 392 g/mol. The van der Waals surface area contributed by atoms with E-state index in [1.807, 2.05) is 0 Å². The Morgan fingerprint density at radius 1 is 1.22 bits per heavy atom. The summed E-state index contributed by atoms with van der Waals surface area (Å²) in [6.07, 6.45) is 0. The van der Waals surface area contributed by atoms with Gasteiger partial charge in [0.15, 0.2) is 6.61 Å². The van der Waals surface area contributed by atoms with Crippen LogP contribution in [0.3, 0.4) is 0 Å². The van der Waals surface area contributed by atoms with Gasteiger partial charge in [-0.05, 0) is 29.8 Å². The highest BCUT2D eigenvalue weighted by Crippen LogP contribution is 2.25. The average Bonchev–Trinajstić information content (AvgIpc) is 2.66. The molecule has 1 N–H and O–H groups in total. The van der Waals surface area contributed by atoms with Gasteiger partial charge in [0.05, 0.1) is 10.5 Å². The molecule has 0 unspecified atom stereocenters. The van der Waals surface area contributed by atoms with Gasteiger partial charge >= 0.3 is 5.97 Å². The number of benzene rings is 2. The Hall–Kier alpha value is -3.13. The first-order valence-corrected chi connectivity index (χ1v) is 8.31. The zero-order chi connectivity index (χ0) is 20.0. The Balaban J connectivity index is 1.96. The number of amides is 1. The van der Waals surface area contributed by atoms with E-state index in [0.717, 1.165) is 11.6 Å². The van der Waals surface area contributed by atoms with Crippen LogP contribution in [0.1, 0.15) is 15.9 Å². The van der Waals surface area contributed by atoms with Crippen LogP contribution in [-0.2, 0) is 16.1 Å². The maximum Gasteiger partial charge on any atom is 0.338 e. The number of nitro benzene ring substituents is 1. The molecule has 0 fully saturated rings. The smallest absolute Gasteiger partial charge is 0.338 e. The number of hydrogen-bond donors (Lipinski definition) is 1. The fourth-order valence-corrected chi connectivity index (χ4v) is 2.42. The molecule has 8 nitrogen and oxygen atoms in total. The van der Waals surface area contributed by atoms with E-state index < -0.39 is 23.4 Å². The fourth-order valence-electron chi connectivity index (χ4n) is 2.29. The molecule has 0 saturated heterocycles. The molecular formula is C18H18ClN3O5. The largest absolute Gasteiger partial charge is 0.452 e. The summed E-state index contributed by atoms with van der Waals surface area (Å²) in [7, 11) is 3.12. The zero-order valence-electron chi connectivity index (χ0n) is 14.8. The molecule has 0 heterocycles. The van der Waals surface area contributed by atoms with Crippen molar-refractivity contribution in [1.29, 1.82) is 0 Å². The molecule has 1 amide bonds. The van der Waals surface area contributed by atoms with Gasteiger partial charge in [-0.1, -0.05) is 23.7 Å². The van der Waals surface area contributed by atoms with E-state index in [1.165, 1.54) is 24.1 Å². The lowest BCUT2D eigenvalue weighted by atomic mass is 10.1. The van der Waals surface area contributed by atoms with Crippen molar-refractivity contribution in [2.24, 2.45) is 0 Å². The molecule has 2 rings (SSSR count). The number of rotatable bonds is 7. The minimum Gasteiger partial charge on any atom is -0.452 e. The van der Waals surface area contributed by atoms with Crippen LogP contribution in [0, 0.1) is 10.1 Å². The molecule has 27 heavy (non-hydrogen) atoms. The fraction of sp³-hybridized carbons (Fsp3) is 0.222. The summed E-state index contributed by atoms with van der Waals surface area (Å²) < 4.78 is 4.98. The summed E-state index contributed by atoms with van der Waals surface area (Å²) >= 11 is 5.82. The molecule has 0 radical (unpaired) electrons. The van der Waals surface area contributed by atoms with Crippen LogP contribution in [-0.4, -0.2) is 42.4 Å². The minimum atomic E-state index is -0.811. The van der Waals surface area contributed by atoms with Crippen molar-refractivity contribution in [2.45, 2.75) is 6.54 Å². The van der Waals surface area contributed by atoms with Gasteiger partial charge in [-0.3, -0.25) is 14.9 Å². The van der Waals surface area contributed by atoms with Gasteiger partial charge in [0.2, 0.25) is 0 Å². The van der Waals surface area contributed by atoms with Crippen molar-refractivity contribution >= 4 is 34.9 Å². The molecule has 0 aliphatic rings. The van der Waals surface area contributed by atoms with Crippen molar-refractivity contribution in [3.8, 4) is 0 Å². The second-order valence-corrected chi connectivity index (χ2v) is 6.13. The number of carbonyl (C=O) groups is 2. The number of anilines is 1. The van der Waals surface area contributed by atoms with Gasteiger partial charge < -0.3 is 15.0 Å². The van der Waals surface area contributed by atoms with E-state index in [-0.39, 0.29) is 16.9 Å². The quantitative estimate of drug-likeness (QED) is 0.442. The number of hydrogen-bond acceptors (Lipinski definition) is 6. The number of likely N-dealkylation sites (N-methyl/N-ethyl adjacent to an activating group) is 1. The van der Waals surface area contributed by atoms with Crippen LogP contribution in [0.15, 0.2) is 42.5 Å². The summed E-state index contributed by atoms with van der Waals surface area (Å²) in [5, 5.41) is 14.3. The van der Waals surface area contributed by atoms with Gasteiger partial charge in [0, 0.05) is 31.7 Å². The second kappa shape index (κ2) is 9.00. The van der Waals surface area contributed by atoms with Crippen LogP contribution in [0.4, 0.5) is 11.4 Å². The molecular weight excluding hydrogens is 374 g/mol. The monoisotopic (exact) mass is 391 g/mol. The molecule has 142 valence electrons. The molecule has 0 aliphatic carbocycles. The van der Waals surface area contributed by atoms with Gasteiger partial charge in [-0.15, -0.1) is 0 Å². The van der Waals surface area contributed by atoms with Gasteiger partial charge in [0.25, 0.3) is 11.6 Å². The number of ether oxygens (including phenoxy) is 1. The first-order valence-electron chi connectivity index (χ1n) is 7.93. The van der Waals surface area contributed by atoms with Crippen molar-refractivity contribution in [1.82, 2.24) is 4.90 Å². The summed E-state index contributed by atoms with van der Waals surface area (Å²) in [6, 6.07) is 10.9. The minimum absolute atomic E-state index is 0.00569. The van der Waals surface area contributed by atoms with E-state index in [9.17, 15) is 19.7 Å². The number of carbonyl (C=O) groups excluding carboxylic acids is 2. The predicted octanol–water partition coefficient (Wildman–Crippen LogP) is 3.11. The molecule has 2 aromatic rings. The lowest BCUT2D eigenvalue weighted by Crippen LogP contribution is -2.30. The van der Waals surface area contributed by atoms with Gasteiger partial charge in [0.1, 0.15) is 5.69 Å². The number of esters is 1. The van der Waals surface area contributed by atoms with Crippen molar-refractivity contribution < 1.29 is 19.2 Å². The Bertz CT molecular complexity index is 855. The number of nitro groups is 1. The lowest BCUT2D eigenvalue weighted by molar-refractivity contribution is -0.384. The highest BCUT2D eigenvalue weighted by atomic mass is 35.5. The SMILES string of the molecule is CNc1ccc(C(=O)OCC(=O)N(C)Cc2ccc(Cl)cc2)cc1[N+](=O)[O-]. The first kappa shape index (κ1) is 20.2. The first-order chi connectivity index (χ1) is 12.8. The normalized spacial score (nSPS) is 10.2. The summed E-state index contributed by atoms with van der Waals surface area (Å²) in [5.41, 5.74) is 0.891. The van der Waals surface area contributed by atoms with E-state index in [4.69, 9.17) is 16.3 Å². The van der Waals surface area contributed by atoms with Crippen LogP contribution in [0.5, 0.6) is 0 Å². The third-order valence-corrected chi connectivity index (χ3v) is 4.04. The van der Waals surface area contributed by atoms with Crippen molar-refractivity contribution in [3.05, 3.63) is 68.7 Å². The third-order valence-electron chi connectivity index (χ3n) is 3.78. The molecule has 0 atom stereocenters. The van der Waals surface area contributed by atoms with E-state index in [1.54, 1.807) is 31.3 Å². The van der Waals surface area contributed by atoms with Crippen LogP contribution < -0.4 is 5.32 Å². The molecule has 2 aromatic carbocycles. The summed E-state index contributed by atoms with van der Waals surface area (Å²) in [5.74, 6) is -1.21. The highest BCUT2D eigenvalue weighted by Gasteiger charge is 2.19. The summed E-state index contributed by atoms with van der Waals surface area (Å²) in [6.45, 7) is -0.139. The molecule has 0 bridgehead atoms. The highest BCUT2D eigenvalue weighted by molar-refractivity contribution is 6.30. The molecule has 0 saturated carbocycles. The topological polar surface area (TPSA) is 102 Å². The maximum absolute atomic E-state index is 12.1. The lowest BCUT2D eigenvalue weighted by Gasteiger charge is -2.17. The van der Waals surface area contributed by atoms with Crippen molar-refractivity contribution in [2.75, 3.05) is 26.0 Å². The van der Waals surface area contributed by atoms with Crippen LogP contribution in [0.25, 0.3) is 0 Å². The molecule has 0 spiro atoms. The zero-order valence-corrected chi connectivity index (χ0v) is 15.5. The van der Waals surface area contributed by atoms with E-state index in [0.29, 0.717) is 11.6 Å². The molecule has 0 aromatic heterocycles. The molecule has 0 aliphatic heterocycles. The van der Waals surface area contributed by atoms with Crippen LogP contribution >= 0.6 is 11.6 Å².